The molecule has 0 aromatic carbocycles. The highest BCUT2D eigenvalue weighted by molar-refractivity contribution is 6.40. The lowest BCUT2D eigenvalue weighted by Gasteiger charge is -1.92. The van der Waals surface area contributed by atoms with E-state index in [9.17, 15) is 14.4 Å². The van der Waals surface area contributed by atoms with Gasteiger partial charge >= 0.3 is 11.9 Å². The van der Waals surface area contributed by atoms with Crippen molar-refractivity contribution in [3.63, 3.8) is 0 Å². The van der Waals surface area contributed by atoms with Crippen LogP contribution in [0.2, 0.25) is 0 Å². The SMILES string of the molecule is O=C(CC(=O)C(=O)OCl)OCl. The zero-order valence-electron chi connectivity index (χ0n) is 5.00. The molecule has 0 aliphatic heterocycles. The largest absolute Gasteiger partial charge is 0.393 e. The summed E-state index contributed by atoms with van der Waals surface area (Å²) in [6, 6.07) is 0. The molecule has 0 saturated heterocycles. The van der Waals surface area contributed by atoms with Gasteiger partial charge in [-0.3, -0.25) is 9.59 Å². The zero-order chi connectivity index (χ0) is 8.85. The van der Waals surface area contributed by atoms with Gasteiger partial charge in [0, 0.05) is 0 Å². The molecule has 0 unspecified atom stereocenters. The van der Waals surface area contributed by atoms with Crippen LogP contribution >= 0.6 is 23.7 Å². The van der Waals surface area contributed by atoms with Crippen molar-refractivity contribution in [2.24, 2.45) is 0 Å². The fraction of sp³-hybridized carbons (Fsp3) is 0.250. The molecule has 62 valence electrons. The maximum Gasteiger partial charge on any atom is 0.393 e. The van der Waals surface area contributed by atoms with Gasteiger partial charge in [0.05, 0.1) is 0 Å². The lowest BCUT2D eigenvalue weighted by atomic mass is 10.3. The predicted molar refractivity (Wildman–Crippen MR) is 33.5 cm³/mol. The van der Waals surface area contributed by atoms with E-state index in [0.29, 0.717) is 0 Å². The molecule has 0 aromatic heterocycles. The summed E-state index contributed by atoms with van der Waals surface area (Å²) in [5.41, 5.74) is 0. The third-order valence-corrected chi connectivity index (χ3v) is 1.00. The lowest BCUT2D eigenvalue weighted by Crippen LogP contribution is -2.17. The molecule has 0 heterocycles. The second-order valence-corrected chi connectivity index (χ2v) is 1.72. The molecule has 0 atom stereocenters. The molecule has 0 rings (SSSR count). The number of hydrogen-bond donors (Lipinski definition) is 0. The third-order valence-electron chi connectivity index (χ3n) is 0.689. The van der Waals surface area contributed by atoms with Crippen LogP contribution in [0.25, 0.3) is 0 Å². The van der Waals surface area contributed by atoms with Crippen LogP contribution < -0.4 is 0 Å². The van der Waals surface area contributed by atoms with Crippen LogP contribution in [0, 0.1) is 0 Å². The monoisotopic (exact) mass is 200 g/mol. The first-order valence-electron chi connectivity index (χ1n) is 2.29. The van der Waals surface area contributed by atoms with E-state index in [0.717, 1.165) is 0 Å². The molecular formula is C4H2Cl2O5. The summed E-state index contributed by atoms with van der Waals surface area (Å²) in [4.78, 5) is 30.9. The van der Waals surface area contributed by atoms with E-state index >= 15 is 0 Å². The quantitative estimate of drug-likeness (QED) is 0.486. The van der Waals surface area contributed by atoms with E-state index in [-0.39, 0.29) is 0 Å². The van der Waals surface area contributed by atoms with Crippen LogP contribution in [0.15, 0.2) is 0 Å². The summed E-state index contributed by atoms with van der Waals surface area (Å²) < 4.78 is 7.07. The van der Waals surface area contributed by atoms with Crippen LogP contribution in [0.3, 0.4) is 0 Å². The molecule has 0 N–H and O–H groups in total. The van der Waals surface area contributed by atoms with E-state index in [1.165, 1.54) is 0 Å². The minimum absolute atomic E-state index is 0.783. The van der Waals surface area contributed by atoms with Gasteiger partial charge in [0.15, 0.2) is 0 Å². The van der Waals surface area contributed by atoms with Gasteiger partial charge in [0.2, 0.25) is 0 Å². The lowest BCUT2D eigenvalue weighted by molar-refractivity contribution is -0.150. The van der Waals surface area contributed by atoms with Crippen LogP contribution in [0.1, 0.15) is 6.42 Å². The number of carbonyl (C=O) groups excluding carboxylic acids is 3. The topological polar surface area (TPSA) is 69.7 Å². The molecule has 11 heavy (non-hydrogen) atoms. The Hall–Kier alpha value is -0.810. The van der Waals surface area contributed by atoms with Crippen molar-refractivity contribution in [3.8, 4) is 0 Å². The second kappa shape index (κ2) is 4.92. The van der Waals surface area contributed by atoms with Gasteiger partial charge < -0.3 is 8.58 Å². The van der Waals surface area contributed by atoms with Crippen LogP contribution in [0.4, 0.5) is 0 Å². The summed E-state index contributed by atoms with van der Waals surface area (Å²) in [6.07, 6.45) is -0.783. The van der Waals surface area contributed by atoms with Gasteiger partial charge in [-0.2, -0.15) is 0 Å². The van der Waals surface area contributed by atoms with E-state index in [1.54, 1.807) is 0 Å². The highest BCUT2D eigenvalue weighted by atomic mass is 35.5. The fourth-order valence-corrected chi connectivity index (χ4v) is 0.414. The first kappa shape index (κ1) is 10.2. The highest BCUT2D eigenvalue weighted by Crippen LogP contribution is 1.94. The number of hydrogen-bond acceptors (Lipinski definition) is 5. The van der Waals surface area contributed by atoms with E-state index in [2.05, 4.69) is 32.3 Å². The fourth-order valence-electron chi connectivity index (χ4n) is 0.274. The molecule has 0 saturated carbocycles. The molecule has 0 aliphatic rings. The average Bonchev–Trinajstić information content (AvgIpc) is 2.02. The Morgan fingerprint density at radius 2 is 1.64 bits per heavy atom. The predicted octanol–water partition coefficient (Wildman–Crippen LogP) is 0.340. The summed E-state index contributed by atoms with van der Waals surface area (Å²) >= 11 is 9.08. The van der Waals surface area contributed by atoms with Gasteiger partial charge in [-0.1, -0.05) is 0 Å². The van der Waals surface area contributed by atoms with E-state index in [4.69, 9.17) is 0 Å². The molecule has 0 bridgehead atoms. The van der Waals surface area contributed by atoms with Gasteiger partial charge in [-0.05, 0) is 0 Å². The molecular weight excluding hydrogens is 199 g/mol. The van der Waals surface area contributed by atoms with Crippen molar-refractivity contribution in [2.45, 2.75) is 6.42 Å². The number of Topliss-reactive ketones (excluding diaryl/α,β-unsaturated/α-hetero) is 1. The Bertz CT molecular complexity index is 189. The molecule has 7 heteroatoms. The van der Waals surface area contributed by atoms with Crippen LogP contribution in [0.5, 0.6) is 0 Å². The summed E-state index contributed by atoms with van der Waals surface area (Å²) in [6.45, 7) is 0. The molecule has 0 radical (unpaired) electrons. The molecule has 0 fully saturated rings. The highest BCUT2D eigenvalue weighted by Gasteiger charge is 2.19. The van der Waals surface area contributed by atoms with Crippen molar-refractivity contribution < 1.29 is 23.0 Å². The minimum Gasteiger partial charge on any atom is -0.347 e. The van der Waals surface area contributed by atoms with Gasteiger partial charge in [0.1, 0.15) is 30.2 Å². The Balaban J connectivity index is 3.88. The Morgan fingerprint density at radius 3 is 2.00 bits per heavy atom. The molecule has 0 aromatic rings. The molecule has 0 spiro atoms. The zero-order valence-corrected chi connectivity index (χ0v) is 6.52. The van der Waals surface area contributed by atoms with Crippen molar-refractivity contribution in [1.29, 1.82) is 0 Å². The molecule has 0 aliphatic carbocycles. The Kier molecular flexibility index (Phi) is 4.56. The Labute approximate surface area is 71.5 Å². The van der Waals surface area contributed by atoms with Crippen LogP contribution in [-0.4, -0.2) is 17.7 Å². The van der Waals surface area contributed by atoms with Crippen molar-refractivity contribution in [2.75, 3.05) is 0 Å². The first-order valence-corrected chi connectivity index (χ1v) is 2.90. The summed E-state index contributed by atoms with van der Waals surface area (Å²) in [5.74, 6) is -3.49. The smallest absolute Gasteiger partial charge is 0.347 e. The van der Waals surface area contributed by atoms with E-state index < -0.39 is 24.1 Å². The van der Waals surface area contributed by atoms with Gasteiger partial charge in [-0.25, -0.2) is 4.79 Å². The van der Waals surface area contributed by atoms with Crippen molar-refractivity contribution in [1.82, 2.24) is 0 Å². The summed E-state index contributed by atoms with van der Waals surface area (Å²) in [7, 11) is 0. The second-order valence-electron chi connectivity index (χ2n) is 1.41. The van der Waals surface area contributed by atoms with E-state index in [1.807, 2.05) is 0 Å². The maximum absolute atomic E-state index is 10.4. The molecule has 5 nitrogen and oxygen atoms in total. The standard InChI is InChI=1S/C4H2Cl2O5/c5-10-3(8)1-2(7)4(9)11-6/h1H2. The van der Waals surface area contributed by atoms with Crippen molar-refractivity contribution >= 4 is 41.5 Å². The number of rotatable bonds is 3. The van der Waals surface area contributed by atoms with Crippen molar-refractivity contribution in [3.05, 3.63) is 0 Å². The first-order chi connectivity index (χ1) is 5.11. The normalized spacial score (nSPS) is 8.55. The van der Waals surface area contributed by atoms with Crippen LogP contribution in [-0.2, 0) is 23.0 Å². The Morgan fingerprint density at radius 1 is 1.09 bits per heavy atom. The number of halogens is 2. The molecule has 0 amide bonds. The van der Waals surface area contributed by atoms with Gasteiger partial charge in [-0.15, -0.1) is 0 Å². The van der Waals surface area contributed by atoms with Gasteiger partial charge in [0.25, 0.3) is 5.78 Å². The average molecular weight is 201 g/mol. The third kappa shape index (κ3) is 3.79. The number of carbonyl (C=O) groups is 3. The summed E-state index contributed by atoms with van der Waals surface area (Å²) in [5, 5.41) is 0. The maximum atomic E-state index is 10.4. The minimum atomic E-state index is -1.33. The number of ketones is 1.